The number of hydrogen-bond donors (Lipinski definition) is 1. The van der Waals surface area contributed by atoms with Crippen LogP contribution in [0.5, 0.6) is 0 Å². The summed E-state index contributed by atoms with van der Waals surface area (Å²) in [7, 11) is 0. The van der Waals surface area contributed by atoms with Crippen LogP contribution in [0, 0.1) is 6.92 Å². The number of aliphatic hydroxyl groups is 1. The molecule has 4 heteroatoms. The number of nitrogens with zero attached hydrogens (tertiary/aromatic N) is 3. The molecule has 0 aliphatic rings. The van der Waals surface area contributed by atoms with Crippen LogP contribution >= 0.6 is 0 Å². The average molecular weight is 253 g/mol. The van der Waals surface area contributed by atoms with E-state index in [0.717, 1.165) is 38.3 Å². The van der Waals surface area contributed by atoms with Crippen LogP contribution in [0.3, 0.4) is 0 Å². The van der Waals surface area contributed by atoms with Crippen LogP contribution in [0.2, 0.25) is 0 Å². The maximum absolute atomic E-state index is 9.46. The van der Waals surface area contributed by atoms with E-state index >= 15 is 0 Å². The minimum atomic E-state index is -0.247. The van der Waals surface area contributed by atoms with Crippen LogP contribution in [0.4, 0.5) is 0 Å². The van der Waals surface area contributed by atoms with E-state index in [1.54, 1.807) is 0 Å². The second-order valence-electron chi connectivity index (χ2n) is 5.31. The Bertz CT molecular complexity index is 334. The summed E-state index contributed by atoms with van der Waals surface area (Å²) in [6.07, 6.45) is 5.94. The Labute approximate surface area is 111 Å². The third kappa shape index (κ3) is 5.19. The summed E-state index contributed by atoms with van der Waals surface area (Å²) in [5.74, 6) is 1.08. The normalized spacial score (nSPS) is 13.5. The fraction of sp³-hybridized carbons (Fsp3) is 0.786. The van der Waals surface area contributed by atoms with Crippen molar-refractivity contribution >= 4 is 0 Å². The summed E-state index contributed by atoms with van der Waals surface area (Å²) in [4.78, 5) is 6.56. The molecule has 1 rings (SSSR count). The van der Waals surface area contributed by atoms with Crippen molar-refractivity contribution in [3.05, 3.63) is 18.2 Å². The molecule has 0 saturated carbocycles. The Morgan fingerprint density at radius 3 is 2.56 bits per heavy atom. The van der Waals surface area contributed by atoms with Gasteiger partial charge in [-0.1, -0.05) is 0 Å². The molecule has 1 aromatic rings. The fourth-order valence-electron chi connectivity index (χ4n) is 2.14. The van der Waals surface area contributed by atoms with E-state index in [-0.39, 0.29) is 6.10 Å². The second-order valence-corrected chi connectivity index (χ2v) is 5.31. The van der Waals surface area contributed by atoms with E-state index in [1.165, 1.54) is 0 Å². The van der Waals surface area contributed by atoms with Crippen LogP contribution < -0.4 is 0 Å². The van der Waals surface area contributed by atoms with Gasteiger partial charge in [0.25, 0.3) is 0 Å². The number of aryl methyl sites for hydroxylation is 2. The van der Waals surface area contributed by atoms with E-state index in [1.807, 2.05) is 26.2 Å². The largest absolute Gasteiger partial charge is 0.392 e. The maximum Gasteiger partial charge on any atom is 0.105 e. The van der Waals surface area contributed by atoms with Gasteiger partial charge in [-0.3, -0.25) is 4.90 Å². The number of unbranched alkanes of at least 4 members (excludes halogenated alkanes) is 1. The molecule has 18 heavy (non-hydrogen) atoms. The maximum atomic E-state index is 9.46. The zero-order valence-corrected chi connectivity index (χ0v) is 12.1. The Kier molecular flexibility index (Phi) is 6.36. The topological polar surface area (TPSA) is 41.3 Å². The van der Waals surface area contributed by atoms with Gasteiger partial charge in [-0.2, -0.15) is 0 Å². The van der Waals surface area contributed by atoms with Gasteiger partial charge in [-0.15, -0.1) is 0 Å². The molecular weight excluding hydrogens is 226 g/mol. The predicted molar refractivity (Wildman–Crippen MR) is 74.6 cm³/mol. The quantitative estimate of drug-likeness (QED) is 0.721. The van der Waals surface area contributed by atoms with Crippen molar-refractivity contribution in [3.63, 3.8) is 0 Å². The summed E-state index contributed by atoms with van der Waals surface area (Å²) in [6.45, 7) is 11.1. The summed E-state index contributed by atoms with van der Waals surface area (Å²) in [6, 6.07) is 0.495. The van der Waals surface area contributed by atoms with Gasteiger partial charge in [-0.25, -0.2) is 4.98 Å². The molecule has 0 bridgehead atoms. The molecule has 1 N–H and O–H groups in total. The van der Waals surface area contributed by atoms with Gasteiger partial charge >= 0.3 is 0 Å². The lowest BCUT2D eigenvalue weighted by atomic mass is 10.2. The first-order valence-electron chi connectivity index (χ1n) is 6.90. The molecule has 104 valence electrons. The number of imidazole rings is 1. The second kappa shape index (κ2) is 7.54. The fourth-order valence-corrected chi connectivity index (χ4v) is 2.14. The highest BCUT2D eigenvalue weighted by Crippen LogP contribution is 2.05. The molecule has 1 aromatic heterocycles. The van der Waals surface area contributed by atoms with E-state index in [2.05, 4.69) is 28.3 Å². The molecule has 4 nitrogen and oxygen atoms in total. The zero-order chi connectivity index (χ0) is 13.5. The first-order chi connectivity index (χ1) is 8.50. The molecule has 0 amide bonds. The Hall–Kier alpha value is -0.870. The highest BCUT2D eigenvalue weighted by molar-refractivity contribution is 4.88. The zero-order valence-electron chi connectivity index (χ0n) is 12.1. The molecule has 0 aromatic carbocycles. The van der Waals surface area contributed by atoms with Crippen LogP contribution in [-0.2, 0) is 6.54 Å². The number of hydrogen-bond acceptors (Lipinski definition) is 3. The van der Waals surface area contributed by atoms with E-state index in [4.69, 9.17) is 0 Å². The molecule has 0 spiro atoms. The third-order valence-electron chi connectivity index (χ3n) is 3.25. The Balaban J connectivity index is 2.25. The van der Waals surface area contributed by atoms with Gasteiger partial charge in [0.1, 0.15) is 5.82 Å². The van der Waals surface area contributed by atoms with Gasteiger partial charge < -0.3 is 9.67 Å². The summed E-state index contributed by atoms with van der Waals surface area (Å²) in [5.41, 5.74) is 0. The van der Waals surface area contributed by atoms with Crippen LogP contribution in [0.25, 0.3) is 0 Å². The monoisotopic (exact) mass is 253 g/mol. The molecule has 0 aliphatic carbocycles. The van der Waals surface area contributed by atoms with Gasteiger partial charge in [0, 0.05) is 31.5 Å². The summed E-state index contributed by atoms with van der Waals surface area (Å²) >= 11 is 0. The van der Waals surface area contributed by atoms with E-state index in [0.29, 0.717) is 6.04 Å². The molecule has 1 unspecified atom stereocenters. The SMILES string of the molecule is Cc1nccn1CCCCN(CC(C)O)C(C)C. The lowest BCUT2D eigenvalue weighted by molar-refractivity contribution is 0.106. The molecule has 0 aliphatic heterocycles. The first kappa shape index (κ1) is 15.2. The van der Waals surface area contributed by atoms with Crippen molar-refractivity contribution in [2.45, 2.75) is 59.2 Å². The minimum Gasteiger partial charge on any atom is -0.392 e. The highest BCUT2D eigenvalue weighted by atomic mass is 16.3. The van der Waals surface area contributed by atoms with Gasteiger partial charge in [0.15, 0.2) is 0 Å². The lowest BCUT2D eigenvalue weighted by Gasteiger charge is -2.27. The highest BCUT2D eigenvalue weighted by Gasteiger charge is 2.11. The van der Waals surface area contributed by atoms with Crippen molar-refractivity contribution in [3.8, 4) is 0 Å². The predicted octanol–water partition coefficient (Wildman–Crippen LogP) is 2.06. The number of aliphatic hydroxyl groups excluding tert-OH is 1. The first-order valence-corrected chi connectivity index (χ1v) is 6.90. The number of rotatable bonds is 8. The van der Waals surface area contributed by atoms with Crippen molar-refractivity contribution in [2.75, 3.05) is 13.1 Å². The average Bonchev–Trinajstić information content (AvgIpc) is 2.68. The summed E-state index contributed by atoms with van der Waals surface area (Å²) in [5, 5.41) is 9.46. The van der Waals surface area contributed by atoms with E-state index in [9.17, 15) is 5.11 Å². The Morgan fingerprint density at radius 1 is 1.33 bits per heavy atom. The molecule has 1 atom stereocenters. The van der Waals surface area contributed by atoms with Crippen molar-refractivity contribution in [1.29, 1.82) is 0 Å². The third-order valence-corrected chi connectivity index (χ3v) is 3.25. The molecule has 0 radical (unpaired) electrons. The number of aromatic nitrogens is 2. The van der Waals surface area contributed by atoms with Gasteiger partial charge in [0.05, 0.1) is 6.10 Å². The molecule has 1 heterocycles. The van der Waals surface area contributed by atoms with E-state index < -0.39 is 0 Å². The molecule has 0 saturated heterocycles. The summed E-state index contributed by atoms with van der Waals surface area (Å²) < 4.78 is 2.19. The van der Waals surface area contributed by atoms with Crippen LogP contribution in [0.15, 0.2) is 12.4 Å². The van der Waals surface area contributed by atoms with Crippen LogP contribution in [-0.4, -0.2) is 44.8 Å². The van der Waals surface area contributed by atoms with Crippen molar-refractivity contribution < 1.29 is 5.11 Å². The van der Waals surface area contributed by atoms with Crippen molar-refractivity contribution in [1.82, 2.24) is 14.5 Å². The Morgan fingerprint density at radius 2 is 2.06 bits per heavy atom. The van der Waals surface area contributed by atoms with Gasteiger partial charge in [-0.05, 0) is 47.1 Å². The molecular formula is C14H27N3O. The minimum absolute atomic E-state index is 0.247. The van der Waals surface area contributed by atoms with Gasteiger partial charge in [0.2, 0.25) is 0 Å². The van der Waals surface area contributed by atoms with Crippen LogP contribution in [0.1, 0.15) is 39.4 Å². The standard InChI is InChI=1S/C14H27N3O/c1-12(2)17(11-13(3)18)9-6-5-8-16-10-7-15-14(16)4/h7,10,12-13,18H,5-6,8-9,11H2,1-4H3. The molecule has 0 fully saturated rings. The van der Waals surface area contributed by atoms with Crippen molar-refractivity contribution in [2.24, 2.45) is 0 Å². The smallest absolute Gasteiger partial charge is 0.105 e. The lowest BCUT2D eigenvalue weighted by Crippen LogP contribution is -2.37.